The Balaban J connectivity index is 2.37. The number of aliphatic imine (C=N–C) groups is 1. The molecule has 4 nitrogen and oxygen atoms in total. The highest BCUT2D eigenvalue weighted by molar-refractivity contribution is 7.56. The van der Waals surface area contributed by atoms with E-state index in [2.05, 4.69) is 17.1 Å². The minimum atomic E-state index is 0.190. The molecule has 0 saturated carbocycles. The lowest BCUT2D eigenvalue weighted by molar-refractivity contribution is 0.0500. The van der Waals surface area contributed by atoms with Gasteiger partial charge in [0.25, 0.3) is 0 Å². The average molecular weight is 317 g/mol. The quantitative estimate of drug-likeness (QED) is 0.447. The molecule has 0 heterocycles. The van der Waals surface area contributed by atoms with E-state index in [0.29, 0.717) is 14.3 Å². The number of hydrogen-bond acceptors (Lipinski definition) is 4. The van der Waals surface area contributed by atoms with Crippen LogP contribution in [0, 0.1) is 0 Å². The normalized spacial score (nSPS) is 11.4. The number of hydrogen-bond donors (Lipinski definition) is 0. The van der Waals surface area contributed by atoms with Crippen LogP contribution in [-0.4, -0.2) is 34.3 Å². The van der Waals surface area contributed by atoms with E-state index in [4.69, 9.17) is 14.2 Å². The molecule has 1 atom stereocenters. The maximum atomic E-state index is 5.71. The molecule has 0 amide bonds. The molecule has 2 aromatic rings. The van der Waals surface area contributed by atoms with Crippen LogP contribution in [0.5, 0.6) is 11.5 Å². The van der Waals surface area contributed by atoms with Crippen molar-refractivity contribution in [1.29, 1.82) is 0 Å². The maximum Gasteiger partial charge on any atom is 0.188 e. The van der Waals surface area contributed by atoms with Crippen LogP contribution >= 0.6 is 8.58 Å². The highest BCUT2D eigenvalue weighted by atomic mass is 31.1. The van der Waals surface area contributed by atoms with Crippen LogP contribution < -0.4 is 20.1 Å². The van der Waals surface area contributed by atoms with Crippen molar-refractivity contribution in [2.75, 3.05) is 28.1 Å². The summed E-state index contributed by atoms with van der Waals surface area (Å²) in [6.45, 7) is 0.190. The summed E-state index contributed by atoms with van der Waals surface area (Å²) in [4.78, 5) is 4.12. The Morgan fingerprint density at radius 1 is 1.05 bits per heavy atom. The predicted molar refractivity (Wildman–Crippen MR) is 93.0 cm³/mol. The fourth-order valence-electron chi connectivity index (χ4n) is 2.05. The van der Waals surface area contributed by atoms with Gasteiger partial charge in [-0.05, 0) is 16.9 Å². The van der Waals surface area contributed by atoms with Gasteiger partial charge in [-0.2, -0.15) is 0 Å². The molecule has 0 aliphatic carbocycles. The number of para-hydroxylation sites is 1. The third-order valence-corrected chi connectivity index (χ3v) is 4.41. The van der Waals surface area contributed by atoms with Gasteiger partial charge in [-0.1, -0.05) is 45.0 Å². The second-order valence-corrected chi connectivity index (χ2v) is 5.81. The Kier molecular flexibility index (Phi) is 6.38. The van der Waals surface area contributed by atoms with Gasteiger partial charge in [0.1, 0.15) is 0 Å². The number of methoxy groups -OCH3 is 2. The summed E-state index contributed by atoms with van der Waals surface area (Å²) in [5.41, 5.74) is 1.11. The van der Waals surface area contributed by atoms with Gasteiger partial charge in [-0.15, -0.1) is 0 Å². The summed E-state index contributed by atoms with van der Waals surface area (Å²) in [5.74, 6) is 1.44. The second-order valence-electron chi connectivity index (χ2n) is 4.49. The van der Waals surface area contributed by atoms with Gasteiger partial charge in [0.05, 0.1) is 7.11 Å². The van der Waals surface area contributed by atoms with Crippen molar-refractivity contribution in [1.82, 2.24) is 0 Å². The molecular formula is C17H20NO3P. The van der Waals surface area contributed by atoms with Crippen molar-refractivity contribution in [3.63, 3.8) is 0 Å². The van der Waals surface area contributed by atoms with Crippen LogP contribution in [0.4, 0.5) is 0 Å². The van der Waals surface area contributed by atoms with E-state index < -0.39 is 0 Å². The van der Waals surface area contributed by atoms with Crippen LogP contribution in [0.25, 0.3) is 0 Å². The molecule has 0 spiro atoms. The summed E-state index contributed by atoms with van der Waals surface area (Å²) in [6, 6.07) is 14.1. The van der Waals surface area contributed by atoms with E-state index in [1.165, 1.54) is 5.30 Å². The first kappa shape index (κ1) is 16.5. The van der Waals surface area contributed by atoms with Gasteiger partial charge in [-0.3, -0.25) is 4.99 Å². The smallest absolute Gasteiger partial charge is 0.188 e. The Morgan fingerprint density at radius 3 is 2.55 bits per heavy atom. The molecule has 0 aromatic heterocycles. The molecule has 0 aliphatic rings. The minimum Gasteiger partial charge on any atom is -0.493 e. The summed E-state index contributed by atoms with van der Waals surface area (Å²) < 4.78 is 16.1. The molecule has 116 valence electrons. The van der Waals surface area contributed by atoms with Crippen LogP contribution in [-0.2, 0) is 4.74 Å². The summed E-state index contributed by atoms with van der Waals surface area (Å²) in [7, 11) is 5.46. The largest absolute Gasteiger partial charge is 0.493 e. The van der Waals surface area contributed by atoms with Gasteiger partial charge in [0, 0.05) is 25.7 Å². The number of rotatable bonds is 7. The lowest BCUT2D eigenvalue weighted by Gasteiger charge is -2.15. The molecular weight excluding hydrogens is 297 g/mol. The molecule has 0 aliphatic heterocycles. The number of nitrogens with zero attached hydrogens (tertiary/aromatic N) is 1. The molecule has 0 saturated heterocycles. The fourth-order valence-corrected chi connectivity index (χ4v) is 3.30. The molecule has 22 heavy (non-hydrogen) atoms. The van der Waals surface area contributed by atoms with Crippen LogP contribution in [0.3, 0.4) is 0 Å². The van der Waals surface area contributed by atoms with Crippen molar-refractivity contribution < 1.29 is 14.2 Å². The van der Waals surface area contributed by atoms with Crippen molar-refractivity contribution in [2.45, 2.75) is 0 Å². The van der Waals surface area contributed by atoms with E-state index in [1.807, 2.05) is 36.5 Å². The monoisotopic (exact) mass is 317 g/mol. The summed E-state index contributed by atoms with van der Waals surface area (Å²) in [5, 5.41) is 2.29. The van der Waals surface area contributed by atoms with Gasteiger partial charge in [0.15, 0.2) is 18.3 Å². The zero-order valence-corrected chi connectivity index (χ0v) is 14.0. The van der Waals surface area contributed by atoms with Gasteiger partial charge in [-0.25, -0.2) is 0 Å². The molecule has 2 aromatic carbocycles. The second kappa shape index (κ2) is 8.52. The van der Waals surface area contributed by atoms with E-state index in [-0.39, 0.29) is 6.79 Å². The van der Waals surface area contributed by atoms with Crippen molar-refractivity contribution in [3.05, 3.63) is 48.0 Å². The fraction of sp³-hybridized carbons (Fsp3) is 0.235. The van der Waals surface area contributed by atoms with E-state index in [9.17, 15) is 0 Å². The topological polar surface area (TPSA) is 40.0 Å². The van der Waals surface area contributed by atoms with Gasteiger partial charge >= 0.3 is 0 Å². The van der Waals surface area contributed by atoms with Crippen molar-refractivity contribution in [2.24, 2.45) is 4.99 Å². The average Bonchev–Trinajstić information content (AvgIpc) is 2.55. The lowest BCUT2D eigenvalue weighted by Crippen LogP contribution is -2.13. The highest BCUT2D eigenvalue weighted by Crippen LogP contribution is 2.30. The standard InChI is InChI=1S/C17H20NO3P/c1-18-11-13-7-4-5-9-15(13)22-16-10-6-8-14(20-3)17(16)21-12-19-2/h4-11,22H,12H2,1-3H3. The number of benzene rings is 2. The first-order valence-electron chi connectivity index (χ1n) is 6.87. The Morgan fingerprint density at radius 2 is 1.82 bits per heavy atom. The van der Waals surface area contributed by atoms with Crippen LogP contribution in [0.2, 0.25) is 0 Å². The Labute approximate surface area is 132 Å². The van der Waals surface area contributed by atoms with E-state index >= 15 is 0 Å². The Hall–Kier alpha value is -1.90. The highest BCUT2D eigenvalue weighted by Gasteiger charge is 2.12. The summed E-state index contributed by atoms with van der Waals surface area (Å²) >= 11 is 0. The molecule has 2 rings (SSSR count). The zero-order chi connectivity index (χ0) is 15.8. The third kappa shape index (κ3) is 4.06. The predicted octanol–water partition coefficient (Wildman–Crippen LogP) is 2.36. The molecule has 0 N–H and O–H groups in total. The molecule has 0 fully saturated rings. The Bertz CT molecular complexity index is 644. The number of ether oxygens (including phenoxy) is 3. The molecule has 5 heteroatoms. The van der Waals surface area contributed by atoms with Gasteiger partial charge in [0.2, 0.25) is 0 Å². The van der Waals surface area contributed by atoms with Crippen LogP contribution in [0.1, 0.15) is 5.56 Å². The molecule has 0 bridgehead atoms. The van der Waals surface area contributed by atoms with Crippen LogP contribution in [0.15, 0.2) is 47.5 Å². The van der Waals surface area contributed by atoms with E-state index in [1.54, 1.807) is 21.3 Å². The van der Waals surface area contributed by atoms with E-state index in [0.717, 1.165) is 16.6 Å². The third-order valence-electron chi connectivity index (χ3n) is 3.02. The summed E-state index contributed by atoms with van der Waals surface area (Å²) in [6.07, 6.45) is 1.87. The first-order chi connectivity index (χ1) is 10.8. The maximum absolute atomic E-state index is 5.71. The van der Waals surface area contributed by atoms with Crippen molar-refractivity contribution in [3.8, 4) is 11.5 Å². The van der Waals surface area contributed by atoms with Gasteiger partial charge < -0.3 is 14.2 Å². The lowest BCUT2D eigenvalue weighted by atomic mass is 10.2. The minimum absolute atomic E-state index is 0.190. The van der Waals surface area contributed by atoms with Crippen molar-refractivity contribution >= 4 is 25.4 Å². The molecule has 1 unspecified atom stereocenters. The SMILES string of the molecule is CN=Cc1ccccc1Pc1cccc(OC)c1OCOC. The molecule has 0 radical (unpaired) electrons. The zero-order valence-electron chi connectivity index (χ0n) is 13.0. The first-order valence-corrected chi connectivity index (χ1v) is 7.87.